The van der Waals surface area contributed by atoms with Crippen LogP contribution in [-0.2, 0) is 25.5 Å². The standard InChI is InChI=1S/C15H14N2O4S2/c18-12-2-1-4-17(12)13(19)7-21-14(20)6-11-9-23-15(16-11)10-3-5-22-8-10/h3,5,8-9H,1-2,4,6-7H2. The van der Waals surface area contributed by atoms with Gasteiger partial charge in [-0.3, -0.25) is 19.3 Å². The number of carbonyl (C=O) groups excluding carboxylic acids is 3. The van der Waals surface area contributed by atoms with Crippen LogP contribution in [0.3, 0.4) is 0 Å². The highest BCUT2D eigenvalue weighted by molar-refractivity contribution is 7.14. The Hall–Kier alpha value is -2.06. The molecule has 23 heavy (non-hydrogen) atoms. The highest BCUT2D eigenvalue weighted by Crippen LogP contribution is 2.25. The number of hydrogen-bond acceptors (Lipinski definition) is 7. The molecule has 0 atom stereocenters. The molecule has 3 heterocycles. The molecule has 6 nitrogen and oxygen atoms in total. The lowest BCUT2D eigenvalue weighted by Crippen LogP contribution is -2.35. The first-order valence-electron chi connectivity index (χ1n) is 7.09. The van der Waals surface area contributed by atoms with E-state index in [-0.39, 0.29) is 12.3 Å². The highest BCUT2D eigenvalue weighted by atomic mass is 32.1. The van der Waals surface area contributed by atoms with E-state index in [4.69, 9.17) is 4.74 Å². The van der Waals surface area contributed by atoms with Gasteiger partial charge in [0.1, 0.15) is 5.01 Å². The minimum absolute atomic E-state index is 0.0157. The van der Waals surface area contributed by atoms with Gasteiger partial charge in [0.2, 0.25) is 5.91 Å². The SMILES string of the molecule is O=C(Cc1csc(-c2ccsc2)n1)OCC(=O)N1CCCC1=O. The van der Waals surface area contributed by atoms with Gasteiger partial charge in [0.25, 0.3) is 5.91 Å². The summed E-state index contributed by atoms with van der Waals surface area (Å²) in [4.78, 5) is 40.5. The van der Waals surface area contributed by atoms with Crippen LogP contribution in [0, 0.1) is 0 Å². The fourth-order valence-electron chi connectivity index (χ4n) is 2.24. The van der Waals surface area contributed by atoms with E-state index in [1.54, 1.807) is 16.7 Å². The number of nitrogens with zero attached hydrogens (tertiary/aromatic N) is 2. The number of carbonyl (C=O) groups is 3. The number of thiophene rings is 1. The summed E-state index contributed by atoms with van der Waals surface area (Å²) in [6.07, 6.45) is 1.06. The van der Waals surface area contributed by atoms with Crippen molar-refractivity contribution < 1.29 is 19.1 Å². The predicted octanol–water partition coefficient (Wildman–Crippen LogP) is 2.11. The maximum atomic E-state index is 11.8. The third-order valence-corrected chi connectivity index (χ3v) is 5.00. The zero-order valence-electron chi connectivity index (χ0n) is 12.2. The largest absolute Gasteiger partial charge is 0.455 e. The van der Waals surface area contributed by atoms with Crippen LogP contribution in [0.1, 0.15) is 18.5 Å². The number of rotatable bonds is 5. The van der Waals surface area contributed by atoms with Crippen LogP contribution in [-0.4, -0.2) is 40.8 Å². The normalized spacial score (nSPS) is 14.3. The molecule has 0 aliphatic carbocycles. The van der Waals surface area contributed by atoms with Crippen LogP contribution in [0.4, 0.5) is 0 Å². The van der Waals surface area contributed by atoms with Crippen molar-refractivity contribution in [2.75, 3.05) is 13.2 Å². The van der Waals surface area contributed by atoms with E-state index in [9.17, 15) is 14.4 Å². The van der Waals surface area contributed by atoms with Crippen LogP contribution < -0.4 is 0 Å². The second-order valence-electron chi connectivity index (χ2n) is 5.04. The Morgan fingerprint density at radius 1 is 1.35 bits per heavy atom. The Bertz CT molecular complexity index is 724. The van der Waals surface area contributed by atoms with Crippen molar-refractivity contribution in [3.05, 3.63) is 27.9 Å². The average Bonchev–Trinajstić information content (AvgIpc) is 3.25. The molecule has 120 valence electrons. The molecule has 0 spiro atoms. The molecule has 1 fully saturated rings. The molecular weight excluding hydrogens is 336 g/mol. The lowest BCUT2D eigenvalue weighted by molar-refractivity contribution is -0.154. The summed E-state index contributed by atoms with van der Waals surface area (Å²) < 4.78 is 4.95. The van der Waals surface area contributed by atoms with Gasteiger partial charge in [-0.25, -0.2) is 4.98 Å². The van der Waals surface area contributed by atoms with E-state index >= 15 is 0 Å². The van der Waals surface area contributed by atoms with Gasteiger partial charge in [0.15, 0.2) is 6.61 Å². The molecule has 0 bridgehead atoms. The van der Waals surface area contributed by atoms with Gasteiger partial charge in [0, 0.05) is 29.3 Å². The Morgan fingerprint density at radius 3 is 2.91 bits per heavy atom. The molecule has 8 heteroatoms. The summed E-state index contributed by atoms with van der Waals surface area (Å²) in [5, 5.41) is 6.62. The van der Waals surface area contributed by atoms with Crippen molar-refractivity contribution in [3.63, 3.8) is 0 Å². The van der Waals surface area contributed by atoms with Crippen molar-refractivity contribution in [2.24, 2.45) is 0 Å². The first kappa shape index (κ1) is 15.8. The highest BCUT2D eigenvalue weighted by Gasteiger charge is 2.27. The Kier molecular flexibility index (Phi) is 4.82. The third kappa shape index (κ3) is 3.83. The lowest BCUT2D eigenvalue weighted by atomic mass is 10.3. The maximum absolute atomic E-state index is 11.8. The summed E-state index contributed by atoms with van der Waals surface area (Å²) >= 11 is 3.05. The minimum atomic E-state index is -0.521. The Morgan fingerprint density at radius 2 is 2.22 bits per heavy atom. The number of thiazole rings is 1. The molecule has 3 rings (SSSR count). The molecule has 1 saturated heterocycles. The van der Waals surface area contributed by atoms with Crippen LogP contribution in [0.2, 0.25) is 0 Å². The lowest BCUT2D eigenvalue weighted by Gasteiger charge is -2.13. The van der Waals surface area contributed by atoms with E-state index in [1.807, 2.05) is 16.8 Å². The number of aromatic nitrogens is 1. The summed E-state index contributed by atoms with van der Waals surface area (Å²) in [7, 11) is 0. The van der Waals surface area contributed by atoms with E-state index < -0.39 is 18.5 Å². The average molecular weight is 350 g/mol. The predicted molar refractivity (Wildman–Crippen MR) is 86.0 cm³/mol. The van der Waals surface area contributed by atoms with Gasteiger partial charge in [-0.05, 0) is 17.9 Å². The Balaban J connectivity index is 1.50. The van der Waals surface area contributed by atoms with Gasteiger partial charge in [-0.1, -0.05) is 0 Å². The van der Waals surface area contributed by atoms with Crippen LogP contribution in [0.15, 0.2) is 22.2 Å². The molecule has 1 aliphatic rings. The van der Waals surface area contributed by atoms with Gasteiger partial charge < -0.3 is 4.74 Å². The molecule has 0 aromatic carbocycles. The Labute approximate surface area is 140 Å². The van der Waals surface area contributed by atoms with Crippen molar-refractivity contribution in [2.45, 2.75) is 19.3 Å². The first-order valence-corrected chi connectivity index (χ1v) is 8.91. The monoisotopic (exact) mass is 350 g/mol. The molecule has 0 radical (unpaired) electrons. The second kappa shape index (κ2) is 7.01. The zero-order chi connectivity index (χ0) is 16.2. The summed E-state index contributed by atoms with van der Waals surface area (Å²) in [5.41, 5.74) is 1.65. The zero-order valence-corrected chi connectivity index (χ0v) is 13.8. The van der Waals surface area contributed by atoms with Gasteiger partial charge >= 0.3 is 5.97 Å². The van der Waals surface area contributed by atoms with Crippen molar-refractivity contribution in [3.8, 4) is 10.6 Å². The van der Waals surface area contributed by atoms with E-state index in [0.29, 0.717) is 25.1 Å². The van der Waals surface area contributed by atoms with E-state index in [2.05, 4.69) is 4.98 Å². The number of hydrogen-bond donors (Lipinski definition) is 0. The fraction of sp³-hybridized carbons (Fsp3) is 0.333. The second-order valence-corrected chi connectivity index (χ2v) is 6.67. The van der Waals surface area contributed by atoms with E-state index in [1.165, 1.54) is 11.3 Å². The maximum Gasteiger partial charge on any atom is 0.312 e. The molecule has 0 saturated carbocycles. The van der Waals surface area contributed by atoms with Gasteiger partial charge in [-0.15, -0.1) is 11.3 Å². The molecule has 2 amide bonds. The van der Waals surface area contributed by atoms with Crippen LogP contribution in [0.25, 0.3) is 10.6 Å². The van der Waals surface area contributed by atoms with Crippen molar-refractivity contribution in [1.29, 1.82) is 0 Å². The number of amides is 2. The summed E-state index contributed by atoms with van der Waals surface area (Å²) in [5.74, 6) is -1.18. The fourth-order valence-corrected chi connectivity index (χ4v) is 3.77. The van der Waals surface area contributed by atoms with Crippen LogP contribution >= 0.6 is 22.7 Å². The van der Waals surface area contributed by atoms with Crippen LogP contribution in [0.5, 0.6) is 0 Å². The number of ether oxygens (including phenoxy) is 1. The smallest absolute Gasteiger partial charge is 0.312 e. The van der Waals surface area contributed by atoms with Gasteiger partial charge in [0.05, 0.1) is 12.1 Å². The summed E-state index contributed by atoms with van der Waals surface area (Å²) in [6, 6.07) is 1.97. The van der Waals surface area contributed by atoms with Crippen molar-refractivity contribution >= 4 is 40.5 Å². The quantitative estimate of drug-likeness (QED) is 0.772. The summed E-state index contributed by atoms with van der Waals surface area (Å²) in [6.45, 7) is 0.0113. The number of imide groups is 1. The molecule has 2 aromatic rings. The number of esters is 1. The van der Waals surface area contributed by atoms with Gasteiger partial charge in [-0.2, -0.15) is 11.3 Å². The molecule has 2 aromatic heterocycles. The topological polar surface area (TPSA) is 76.6 Å². The molecular formula is C15H14N2O4S2. The number of likely N-dealkylation sites (tertiary alicyclic amines) is 1. The molecule has 0 unspecified atom stereocenters. The van der Waals surface area contributed by atoms with Crippen molar-refractivity contribution in [1.82, 2.24) is 9.88 Å². The third-order valence-electron chi connectivity index (χ3n) is 3.38. The first-order chi connectivity index (χ1) is 11.1. The molecule has 0 N–H and O–H groups in total. The minimum Gasteiger partial charge on any atom is -0.455 e. The van der Waals surface area contributed by atoms with E-state index in [0.717, 1.165) is 15.5 Å². The molecule has 1 aliphatic heterocycles.